The van der Waals surface area contributed by atoms with E-state index in [1.54, 1.807) is 7.11 Å². The van der Waals surface area contributed by atoms with Crippen LogP contribution in [0.3, 0.4) is 0 Å². The fraction of sp³-hybridized carbons (Fsp3) is 0.571. The van der Waals surface area contributed by atoms with Crippen molar-refractivity contribution in [2.75, 3.05) is 19.4 Å². The Balaban J connectivity index is 2.80. The lowest BCUT2D eigenvalue weighted by Gasteiger charge is -2.21. The van der Waals surface area contributed by atoms with Gasteiger partial charge in [-0.2, -0.15) is 0 Å². The van der Waals surface area contributed by atoms with Gasteiger partial charge in [0, 0.05) is 11.8 Å². The van der Waals surface area contributed by atoms with Crippen LogP contribution in [-0.2, 0) is 10.8 Å². The van der Waals surface area contributed by atoms with Crippen LogP contribution in [0.5, 0.6) is 5.75 Å². The maximum absolute atomic E-state index is 12.4. The van der Waals surface area contributed by atoms with Gasteiger partial charge >= 0.3 is 0 Å². The molecule has 0 fully saturated rings. The molecule has 1 aromatic rings. The third kappa shape index (κ3) is 4.10. The molecule has 0 aliphatic carbocycles. The summed E-state index contributed by atoms with van der Waals surface area (Å²) in [5.41, 5.74) is 0. The minimum Gasteiger partial charge on any atom is -0.495 e. The SMILES string of the molecule is CCNC(CS(=O)c1ccccc1OC)C(C)C. The Bertz CT molecular complexity index is 393. The van der Waals surface area contributed by atoms with Crippen LogP contribution in [0.25, 0.3) is 0 Å². The van der Waals surface area contributed by atoms with Crippen molar-refractivity contribution >= 4 is 10.8 Å². The van der Waals surface area contributed by atoms with E-state index in [-0.39, 0.29) is 6.04 Å². The Morgan fingerprint density at radius 2 is 2.00 bits per heavy atom. The number of ether oxygens (including phenoxy) is 1. The summed E-state index contributed by atoms with van der Waals surface area (Å²) < 4.78 is 17.7. The fourth-order valence-corrected chi connectivity index (χ4v) is 3.42. The zero-order valence-electron chi connectivity index (χ0n) is 11.6. The van der Waals surface area contributed by atoms with E-state index in [4.69, 9.17) is 4.74 Å². The molecule has 18 heavy (non-hydrogen) atoms. The van der Waals surface area contributed by atoms with Gasteiger partial charge in [-0.15, -0.1) is 0 Å². The molecule has 0 saturated heterocycles. The maximum Gasteiger partial charge on any atom is 0.134 e. The average Bonchev–Trinajstić information content (AvgIpc) is 2.37. The predicted molar refractivity (Wildman–Crippen MR) is 76.6 cm³/mol. The Morgan fingerprint density at radius 1 is 1.33 bits per heavy atom. The molecule has 0 aromatic heterocycles. The number of nitrogens with one attached hydrogen (secondary N) is 1. The molecule has 102 valence electrons. The minimum absolute atomic E-state index is 0.265. The van der Waals surface area contributed by atoms with Gasteiger partial charge < -0.3 is 10.1 Å². The predicted octanol–water partition coefficient (Wildman–Crippen LogP) is 2.44. The Morgan fingerprint density at radius 3 is 2.56 bits per heavy atom. The van der Waals surface area contributed by atoms with Gasteiger partial charge in [-0.05, 0) is 24.6 Å². The van der Waals surface area contributed by atoms with E-state index in [1.165, 1.54) is 0 Å². The molecule has 0 aliphatic heterocycles. The second-order valence-electron chi connectivity index (χ2n) is 4.57. The summed E-state index contributed by atoms with van der Waals surface area (Å²) >= 11 is 0. The highest BCUT2D eigenvalue weighted by Gasteiger charge is 2.18. The van der Waals surface area contributed by atoms with E-state index in [2.05, 4.69) is 26.1 Å². The molecule has 0 radical (unpaired) electrons. The highest BCUT2D eigenvalue weighted by atomic mass is 32.2. The summed E-state index contributed by atoms with van der Waals surface area (Å²) in [5, 5.41) is 3.39. The quantitative estimate of drug-likeness (QED) is 0.826. The molecule has 1 N–H and O–H groups in total. The summed E-state index contributed by atoms with van der Waals surface area (Å²) in [4.78, 5) is 0.781. The second kappa shape index (κ2) is 7.54. The summed E-state index contributed by atoms with van der Waals surface area (Å²) in [5.74, 6) is 1.78. The molecular formula is C14H23NO2S. The topological polar surface area (TPSA) is 38.3 Å². The highest BCUT2D eigenvalue weighted by molar-refractivity contribution is 7.85. The third-order valence-electron chi connectivity index (χ3n) is 2.92. The lowest BCUT2D eigenvalue weighted by atomic mass is 10.1. The van der Waals surface area contributed by atoms with E-state index in [0.29, 0.717) is 17.4 Å². The molecule has 0 bridgehead atoms. The maximum atomic E-state index is 12.4. The van der Waals surface area contributed by atoms with E-state index in [1.807, 2.05) is 24.3 Å². The first-order chi connectivity index (χ1) is 8.60. The summed E-state index contributed by atoms with van der Waals surface area (Å²) in [6, 6.07) is 7.78. The van der Waals surface area contributed by atoms with Gasteiger partial charge in [0.1, 0.15) is 5.75 Å². The van der Waals surface area contributed by atoms with Crippen molar-refractivity contribution in [3.63, 3.8) is 0 Å². The average molecular weight is 269 g/mol. The van der Waals surface area contributed by atoms with Crippen molar-refractivity contribution < 1.29 is 8.95 Å². The smallest absolute Gasteiger partial charge is 0.134 e. The van der Waals surface area contributed by atoms with Crippen LogP contribution in [0.15, 0.2) is 29.2 Å². The van der Waals surface area contributed by atoms with Crippen molar-refractivity contribution in [3.8, 4) is 5.75 Å². The van der Waals surface area contributed by atoms with E-state index < -0.39 is 10.8 Å². The minimum atomic E-state index is -1.03. The number of hydrogen-bond donors (Lipinski definition) is 1. The number of para-hydroxylation sites is 1. The van der Waals surface area contributed by atoms with Crippen LogP contribution in [-0.4, -0.2) is 29.7 Å². The zero-order valence-corrected chi connectivity index (χ0v) is 12.4. The first kappa shape index (κ1) is 15.2. The van der Waals surface area contributed by atoms with Crippen LogP contribution in [0.2, 0.25) is 0 Å². The molecule has 0 heterocycles. The first-order valence-electron chi connectivity index (χ1n) is 6.34. The lowest BCUT2D eigenvalue weighted by Crippen LogP contribution is -2.38. The normalized spacial score (nSPS) is 14.5. The molecular weight excluding hydrogens is 246 g/mol. The standard InChI is InChI=1S/C14H23NO2S/c1-5-15-12(11(2)3)10-18(16)14-9-7-6-8-13(14)17-4/h6-9,11-12,15H,5,10H2,1-4H3. The van der Waals surface area contributed by atoms with Gasteiger partial charge in [0.15, 0.2) is 0 Å². The Kier molecular flexibility index (Phi) is 6.36. The third-order valence-corrected chi connectivity index (χ3v) is 4.41. The number of benzene rings is 1. The molecule has 2 unspecified atom stereocenters. The van der Waals surface area contributed by atoms with E-state index in [0.717, 1.165) is 11.4 Å². The van der Waals surface area contributed by atoms with Crippen LogP contribution < -0.4 is 10.1 Å². The Labute approximate surface area is 112 Å². The van der Waals surface area contributed by atoms with Crippen molar-refractivity contribution in [2.45, 2.75) is 31.7 Å². The molecule has 0 amide bonds. The largest absolute Gasteiger partial charge is 0.495 e. The zero-order chi connectivity index (χ0) is 13.5. The molecule has 2 atom stereocenters. The van der Waals surface area contributed by atoms with E-state index >= 15 is 0 Å². The van der Waals surface area contributed by atoms with Crippen molar-refractivity contribution in [1.29, 1.82) is 0 Å². The molecule has 0 aliphatic rings. The summed E-state index contributed by atoms with van der Waals surface area (Å²) in [6.45, 7) is 7.26. The summed E-state index contributed by atoms with van der Waals surface area (Å²) in [7, 11) is 0.577. The van der Waals surface area contributed by atoms with Gasteiger partial charge in [-0.25, -0.2) is 0 Å². The molecule has 0 saturated carbocycles. The number of rotatable bonds is 7. The van der Waals surface area contributed by atoms with Crippen LogP contribution in [0.1, 0.15) is 20.8 Å². The number of hydrogen-bond acceptors (Lipinski definition) is 3. The van der Waals surface area contributed by atoms with Crippen molar-refractivity contribution in [1.82, 2.24) is 5.32 Å². The molecule has 1 aromatic carbocycles. The summed E-state index contributed by atoms with van der Waals surface area (Å²) in [6.07, 6.45) is 0. The van der Waals surface area contributed by atoms with Gasteiger partial charge in [0.25, 0.3) is 0 Å². The lowest BCUT2D eigenvalue weighted by molar-refractivity contribution is 0.403. The van der Waals surface area contributed by atoms with Crippen molar-refractivity contribution in [3.05, 3.63) is 24.3 Å². The highest BCUT2D eigenvalue weighted by Crippen LogP contribution is 2.22. The van der Waals surface area contributed by atoms with Crippen LogP contribution >= 0.6 is 0 Å². The Hall–Kier alpha value is -0.870. The van der Waals surface area contributed by atoms with Gasteiger partial charge in [0.05, 0.1) is 22.8 Å². The molecule has 3 nitrogen and oxygen atoms in total. The molecule has 0 spiro atoms. The van der Waals surface area contributed by atoms with E-state index in [9.17, 15) is 4.21 Å². The molecule has 1 rings (SSSR count). The molecule has 4 heteroatoms. The van der Waals surface area contributed by atoms with Gasteiger partial charge in [0.2, 0.25) is 0 Å². The van der Waals surface area contributed by atoms with Crippen LogP contribution in [0, 0.1) is 5.92 Å². The van der Waals surface area contributed by atoms with Crippen molar-refractivity contribution in [2.24, 2.45) is 5.92 Å². The first-order valence-corrected chi connectivity index (χ1v) is 7.66. The van der Waals surface area contributed by atoms with Crippen LogP contribution in [0.4, 0.5) is 0 Å². The number of methoxy groups -OCH3 is 1. The second-order valence-corrected chi connectivity index (χ2v) is 6.04. The van der Waals surface area contributed by atoms with Gasteiger partial charge in [-0.1, -0.05) is 32.9 Å². The fourth-order valence-electron chi connectivity index (χ4n) is 1.81. The monoisotopic (exact) mass is 269 g/mol. The van der Waals surface area contributed by atoms with Gasteiger partial charge in [-0.3, -0.25) is 4.21 Å².